The van der Waals surface area contributed by atoms with Gasteiger partial charge in [0.1, 0.15) is 0 Å². The number of hydrogen-bond acceptors (Lipinski definition) is 3. The first kappa shape index (κ1) is 11.9. The normalized spacial score (nSPS) is 32.0. The number of aliphatic hydroxyl groups excluding tert-OH is 1. The zero-order valence-electron chi connectivity index (χ0n) is 9.98. The van der Waals surface area contributed by atoms with Crippen LogP contribution < -0.4 is 5.32 Å². The van der Waals surface area contributed by atoms with Crippen LogP contribution in [0.15, 0.2) is 0 Å². The Morgan fingerprint density at radius 2 is 2.06 bits per heavy atom. The molecule has 2 aliphatic rings. The highest BCUT2D eigenvalue weighted by atomic mass is 16.3. The lowest BCUT2D eigenvalue weighted by molar-refractivity contribution is -0.138. The molecule has 2 saturated heterocycles. The van der Waals surface area contributed by atoms with E-state index < -0.39 is 0 Å². The summed E-state index contributed by atoms with van der Waals surface area (Å²) in [7, 11) is 0. The average molecular weight is 226 g/mol. The smallest absolute Gasteiger partial charge is 0.226 e. The van der Waals surface area contributed by atoms with Crippen molar-refractivity contribution in [3.8, 4) is 0 Å². The Kier molecular flexibility index (Phi) is 3.82. The van der Waals surface area contributed by atoms with Crippen LogP contribution in [0.5, 0.6) is 0 Å². The van der Waals surface area contributed by atoms with E-state index in [0.717, 1.165) is 38.9 Å². The maximum atomic E-state index is 12.3. The molecule has 1 amide bonds. The van der Waals surface area contributed by atoms with E-state index in [4.69, 9.17) is 0 Å². The molecule has 2 heterocycles. The maximum Gasteiger partial charge on any atom is 0.226 e. The standard InChI is InChI=1S/C12H22N2O2/c1-9-4-7-14(11(9)8-15)12(16)10-2-5-13-6-3-10/h9-11,13,15H,2-8H2,1H3. The Labute approximate surface area is 97.0 Å². The number of nitrogens with one attached hydrogen (secondary N) is 1. The van der Waals surface area contributed by atoms with Crippen molar-refractivity contribution in [2.45, 2.75) is 32.2 Å². The van der Waals surface area contributed by atoms with Crippen LogP contribution in [0.25, 0.3) is 0 Å². The summed E-state index contributed by atoms with van der Waals surface area (Å²) in [6, 6.07) is 0.0578. The molecule has 0 aromatic carbocycles. The van der Waals surface area contributed by atoms with Gasteiger partial charge in [-0.25, -0.2) is 0 Å². The summed E-state index contributed by atoms with van der Waals surface area (Å²) in [6.45, 7) is 4.96. The summed E-state index contributed by atoms with van der Waals surface area (Å²) in [5, 5.41) is 12.6. The molecule has 0 saturated carbocycles. The highest BCUT2D eigenvalue weighted by molar-refractivity contribution is 5.79. The minimum Gasteiger partial charge on any atom is -0.394 e. The van der Waals surface area contributed by atoms with Gasteiger partial charge in [0, 0.05) is 12.5 Å². The fourth-order valence-electron chi connectivity index (χ4n) is 2.86. The lowest BCUT2D eigenvalue weighted by Crippen LogP contribution is -2.45. The van der Waals surface area contributed by atoms with Crippen molar-refractivity contribution in [2.24, 2.45) is 11.8 Å². The van der Waals surface area contributed by atoms with E-state index in [-0.39, 0.29) is 24.5 Å². The molecular formula is C12H22N2O2. The fourth-order valence-corrected chi connectivity index (χ4v) is 2.86. The first-order valence-corrected chi connectivity index (χ1v) is 6.36. The third-order valence-corrected chi connectivity index (χ3v) is 4.04. The summed E-state index contributed by atoms with van der Waals surface area (Å²) >= 11 is 0. The Morgan fingerprint density at radius 1 is 1.38 bits per heavy atom. The summed E-state index contributed by atoms with van der Waals surface area (Å²) < 4.78 is 0. The molecule has 0 aromatic rings. The Balaban J connectivity index is 1.97. The van der Waals surface area contributed by atoms with Crippen molar-refractivity contribution in [2.75, 3.05) is 26.2 Å². The third kappa shape index (κ3) is 2.23. The van der Waals surface area contributed by atoms with Gasteiger partial charge in [0.25, 0.3) is 0 Å². The zero-order valence-corrected chi connectivity index (χ0v) is 9.98. The van der Waals surface area contributed by atoms with E-state index in [9.17, 15) is 9.90 Å². The van der Waals surface area contributed by atoms with Crippen LogP contribution in [0.4, 0.5) is 0 Å². The van der Waals surface area contributed by atoms with Crippen molar-refractivity contribution in [1.82, 2.24) is 10.2 Å². The summed E-state index contributed by atoms with van der Waals surface area (Å²) in [4.78, 5) is 14.2. The highest BCUT2D eigenvalue weighted by Gasteiger charge is 2.36. The Morgan fingerprint density at radius 3 is 2.69 bits per heavy atom. The monoisotopic (exact) mass is 226 g/mol. The van der Waals surface area contributed by atoms with Crippen LogP contribution in [0.2, 0.25) is 0 Å². The molecule has 4 nitrogen and oxygen atoms in total. The van der Waals surface area contributed by atoms with Gasteiger partial charge in [-0.15, -0.1) is 0 Å². The molecule has 4 heteroatoms. The Bertz CT molecular complexity index is 251. The fraction of sp³-hybridized carbons (Fsp3) is 0.917. The first-order chi connectivity index (χ1) is 7.74. The molecule has 2 unspecified atom stereocenters. The number of likely N-dealkylation sites (tertiary alicyclic amines) is 1. The summed E-state index contributed by atoms with van der Waals surface area (Å²) in [5.74, 6) is 0.890. The number of amides is 1. The molecule has 92 valence electrons. The van der Waals surface area contributed by atoms with E-state index in [0.29, 0.717) is 5.92 Å². The van der Waals surface area contributed by atoms with E-state index >= 15 is 0 Å². The number of nitrogens with zero attached hydrogens (tertiary/aromatic N) is 1. The molecule has 16 heavy (non-hydrogen) atoms. The van der Waals surface area contributed by atoms with Crippen LogP contribution >= 0.6 is 0 Å². The van der Waals surface area contributed by atoms with Crippen LogP contribution in [0, 0.1) is 11.8 Å². The van der Waals surface area contributed by atoms with E-state index in [1.807, 2.05) is 4.90 Å². The lowest BCUT2D eigenvalue weighted by Gasteiger charge is -2.31. The minimum atomic E-state index is 0.0578. The summed E-state index contributed by atoms with van der Waals surface area (Å²) in [6.07, 6.45) is 2.92. The predicted octanol–water partition coefficient (Wildman–Crippen LogP) is 0.215. The molecule has 0 bridgehead atoms. The van der Waals surface area contributed by atoms with Gasteiger partial charge in [0.2, 0.25) is 5.91 Å². The quantitative estimate of drug-likeness (QED) is 0.708. The van der Waals surface area contributed by atoms with Gasteiger partial charge in [-0.2, -0.15) is 0 Å². The van der Waals surface area contributed by atoms with Crippen molar-refractivity contribution >= 4 is 5.91 Å². The summed E-state index contributed by atoms with van der Waals surface area (Å²) in [5.41, 5.74) is 0. The van der Waals surface area contributed by atoms with Crippen LogP contribution in [0.3, 0.4) is 0 Å². The van der Waals surface area contributed by atoms with Crippen LogP contribution in [-0.4, -0.2) is 48.2 Å². The van der Waals surface area contributed by atoms with Crippen LogP contribution in [0.1, 0.15) is 26.2 Å². The van der Waals surface area contributed by atoms with Gasteiger partial charge in [-0.05, 0) is 38.3 Å². The average Bonchev–Trinajstić information content (AvgIpc) is 2.70. The second-order valence-electron chi connectivity index (χ2n) is 5.07. The molecule has 2 aliphatic heterocycles. The number of hydrogen-bond donors (Lipinski definition) is 2. The maximum absolute atomic E-state index is 12.3. The molecule has 0 spiro atoms. The first-order valence-electron chi connectivity index (χ1n) is 6.36. The molecule has 0 aliphatic carbocycles. The van der Waals surface area contributed by atoms with E-state index in [2.05, 4.69) is 12.2 Å². The van der Waals surface area contributed by atoms with Gasteiger partial charge >= 0.3 is 0 Å². The van der Waals surface area contributed by atoms with E-state index in [1.54, 1.807) is 0 Å². The second-order valence-corrected chi connectivity index (χ2v) is 5.07. The topological polar surface area (TPSA) is 52.6 Å². The number of carbonyl (C=O) groups excluding carboxylic acids is 1. The van der Waals surface area contributed by atoms with Crippen molar-refractivity contribution in [1.29, 1.82) is 0 Å². The molecular weight excluding hydrogens is 204 g/mol. The zero-order chi connectivity index (χ0) is 11.5. The number of rotatable bonds is 2. The Hall–Kier alpha value is -0.610. The van der Waals surface area contributed by atoms with Gasteiger partial charge in [-0.1, -0.05) is 6.92 Å². The highest BCUT2D eigenvalue weighted by Crippen LogP contribution is 2.27. The second kappa shape index (κ2) is 5.15. The van der Waals surface area contributed by atoms with Crippen molar-refractivity contribution < 1.29 is 9.90 Å². The molecule has 2 N–H and O–H groups in total. The SMILES string of the molecule is CC1CCN(C(=O)C2CCNCC2)C1CO. The lowest BCUT2D eigenvalue weighted by atomic mass is 9.95. The number of carbonyl (C=O) groups is 1. The molecule has 2 fully saturated rings. The van der Waals surface area contributed by atoms with Gasteiger partial charge in [0.15, 0.2) is 0 Å². The van der Waals surface area contributed by atoms with Crippen LogP contribution in [-0.2, 0) is 4.79 Å². The van der Waals surface area contributed by atoms with Gasteiger partial charge < -0.3 is 15.3 Å². The largest absolute Gasteiger partial charge is 0.394 e. The van der Waals surface area contributed by atoms with Crippen molar-refractivity contribution in [3.63, 3.8) is 0 Å². The molecule has 2 atom stereocenters. The third-order valence-electron chi connectivity index (χ3n) is 4.04. The van der Waals surface area contributed by atoms with Gasteiger partial charge in [-0.3, -0.25) is 4.79 Å². The van der Waals surface area contributed by atoms with E-state index in [1.165, 1.54) is 0 Å². The number of aliphatic hydroxyl groups is 1. The van der Waals surface area contributed by atoms with Crippen molar-refractivity contribution in [3.05, 3.63) is 0 Å². The number of piperidine rings is 1. The molecule has 0 aromatic heterocycles. The predicted molar refractivity (Wildman–Crippen MR) is 62.0 cm³/mol. The molecule has 0 radical (unpaired) electrons. The molecule has 2 rings (SSSR count). The minimum absolute atomic E-state index is 0.0578. The van der Waals surface area contributed by atoms with Gasteiger partial charge in [0.05, 0.1) is 12.6 Å².